The summed E-state index contributed by atoms with van der Waals surface area (Å²) in [5.41, 5.74) is -2.29. The maximum Gasteiger partial charge on any atom is 0.417 e. The van der Waals surface area contributed by atoms with Crippen molar-refractivity contribution in [2.45, 2.75) is 20.0 Å². The molecule has 2 aliphatic rings. The number of likely N-dealkylation sites (N-methyl/N-ethyl adjacent to an activating group) is 1. The van der Waals surface area contributed by atoms with Crippen LogP contribution in [0.1, 0.15) is 29.8 Å². The van der Waals surface area contributed by atoms with E-state index >= 15 is 4.39 Å². The summed E-state index contributed by atoms with van der Waals surface area (Å²) >= 11 is 0. The van der Waals surface area contributed by atoms with Gasteiger partial charge in [-0.15, -0.1) is 0 Å². The van der Waals surface area contributed by atoms with Crippen LogP contribution in [-0.4, -0.2) is 85.3 Å². The van der Waals surface area contributed by atoms with Crippen molar-refractivity contribution in [3.05, 3.63) is 64.1 Å². The summed E-state index contributed by atoms with van der Waals surface area (Å²) in [7, 11) is 1.94. The molecular weight excluding hydrogens is 558 g/mol. The largest absolute Gasteiger partial charge is 0.417 e. The van der Waals surface area contributed by atoms with Gasteiger partial charge in [-0.2, -0.15) is 13.2 Å². The van der Waals surface area contributed by atoms with E-state index < -0.39 is 34.6 Å². The highest BCUT2D eigenvalue weighted by Gasteiger charge is 2.36. The first-order valence-corrected chi connectivity index (χ1v) is 13.6. The quantitative estimate of drug-likeness (QED) is 0.431. The molecule has 3 aromatic rings. The molecule has 2 N–H and O–H groups in total. The molecule has 2 fully saturated rings. The van der Waals surface area contributed by atoms with Crippen LogP contribution in [-0.2, 0) is 10.9 Å². The molecule has 0 unspecified atom stereocenters. The van der Waals surface area contributed by atoms with Crippen LogP contribution >= 0.6 is 0 Å². The first kappa shape index (κ1) is 30.9. The van der Waals surface area contributed by atoms with Gasteiger partial charge < -0.3 is 29.7 Å². The van der Waals surface area contributed by atoms with Crippen LogP contribution < -0.4 is 20.7 Å². The summed E-state index contributed by atoms with van der Waals surface area (Å²) in [6.45, 7) is 8.70. The average molecular weight is 592 g/mol. The summed E-state index contributed by atoms with van der Waals surface area (Å²) < 4.78 is 61.7. The molecular formula is C28H33F4N7O3. The Hall–Kier alpha value is -4.04. The predicted molar refractivity (Wildman–Crippen MR) is 152 cm³/mol. The number of H-pyrrole nitrogens is 1. The number of alkyl halides is 3. The third kappa shape index (κ3) is 7.05. The Morgan fingerprint density at radius 1 is 0.976 bits per heavy atom. The van der Waals surface area contributed by atoms with E-state index in [4.69, 9.17) is 4.74 Å². The number of hydrogen-bond donors (Lipinski definition) is 2. The lowest BCUT2D eigenvalue weighted by Crippen LogP contribution is -2.44. The maximum absolute atomic E-state index is 15.5. The van der Waals surface area contributed by atoms with Gasteiger partial charge in [0.1, 0.15) is 5.82 Å². The number of nitrogens with zero attached hydrogens (tertiary/aromatic N) is 5. The van der Waals surface area contributed by atoms with Gasteiger partial charge in [-0.1, -0.05) is 13.8 Å². The molecule has 10 nitrogen and oxygen atoms in total. The Morgan fingerprint density at radius 2 is 1.62 bits per heavy atom. The fourth-order valence-corrected chi connectivity index (χ4v) is 4.66. The number of morpholine rings is 1. The third-order valence-corrected chi connectivity index (χ3v) is 6.90. The van der Waals surface area contributed by atoms with Crippen LogP contribution in [0.4, 0.5) is 34.9 Å². The zero-order valence-corrected chi connectivity index (χ0v) is 23.6. The van der Waals surface area contributed by atoms with Crippen molar-refractivity contribution >= 4 is 23.2 Å². The number of carbonyl (C=O) groups excluding carboxylic acids is 1. The number of nitrogens with one attached hydrogen (secondary N) is 2. The highest BCUT2D eigenvalue weighted by Crippen LogP contribution is 2.36. The van der Waals surface area contributed by atoms with Crippen LogP contribution in [0.5, 0.6) is 0 Å². The van der Waals surface area contributed by atoms with Crippen LogP contribution in [0.2, 0.25) is 0 Å². The van der Waals surface area contributed by atoms with Crippen molar-refractivity contribution in [1.29, 1.82) is 0 Å². The third-order valence-electron chi connectivity index (χ3n) is 6.90. The van der Waals surface area contributed by atoms with Gasteiger partial charge in [0.2, 0.25) is 11.5 Å². The van der Waals surface area contributed by atoms with Gasteiger partial charge in [-0.05, 0) is 19.2 Å². The van der Waals surface area contributed by atoms with E-state index in [9.17, 15) is 22.8 Å². The number of hydrogen-bond acceptors (Lipinski definition) is 8. The number of halogens is 4. The number of benzene rings is 1. The summed E-state index contributed by atoms with van der Waals surface area (Å²) in [4.78, 5) is 41.4. The molecule has 4 heterocycles. The molecule has 2 aromatic heterocycles. The molecule has 0 spiro atoms. The lowest BCUT2D eigenvalue weighted by atomic mass is 10.0. The van der Waals surface area contributed by atoms with Gasteiger partial charge in [0.05, 0.1) is 35.7 Å². The number of amides is 1. The number of ether oxygens (including phenoxy) is 1. The summed E-state index contributed by atoms with van der Waals surface area (Å²) in [6, 6.07) is 2.95. The molecule has 42 heavy (non-hydrogen) atoms. The average Bonchev–Trinajstić information content (AvgIpc) is 2.99. The van der Waals surface area contributed by atoms with Gasteiger partial charge in [-0.25, -0.2) is 14.4 Å². The first-order valence-electron chi connectivity index (χ1n) is 13.6. The Balaban J connectivity index is 0.00000198. The smallest absolute Gasteiger partial charge is 0.378 e. The monoisotopic (exact) mass is 591 g/mol. The Morgan fingerprint density at radius 3 is 2.24 bits per heavy atom. The van der Waals surface area contributed by atoms with Gasteiger partial charge in [0.15, 0.2) is 0 Å². The lowest BCUT2D eigenvalue weighted by Gasteiger charge is -2.35. The van der Waals surface area contributed by atoms with Gasteiger partial charge in [-0.3, -0.25) is 9.59 Å². The standard InChI is InChI=1S/C26H27F4N7O3.C2H6/c1-35-2-4-36(5-3-35)22-12-20(27)17(16-13-32-25(33-14-16)37-6-8-40-9-7-37)10-21(22)34-24(39)18-15-31-23(38)11-19(18)26(28,29)30;1-2/h10-15H,2-9H2,1H3,(H,31,38)(H,34,39);1-2H3. The van der Waals surface area contributed by atoms with Gasteiger partial charge in [0, 0.05) is 75.1 Å². The van der Waals surface area contributed by atoms with E-state index in [2.05, 4.69) is 25.2 Å². The number of piperazine rings is 1. The SMILES string of the molecule is CC.CN1CCN(c2cc(F)c(-c3cnc(N4CCOCC4)nc3)cc2NC(=O)c2c[nH]c(=O)cc2C(F)(F)F)CC1. The highest BCUT2D eigenvalue weighted by atomic mass is 19.4. The molecule has 0 bridgehead atoms. The summed E-state index contributed by atoms with van der Waals surface area (Å²) in [6.07, 6.45) is -1.30. The second-order valence-electron chi connectivity index (χ2n) is 9.59. The van der Waals surface area contributed by atoms with Gasteiger partial charge >= 0.3 is 6.18 Å². The van der Waals surface area contributed by atoms with Crippen molar-refractivity contribution in [2.75, 3.05) is 74.6 Å². The number of aromatic amines is 1. The number of carbonyl (C=O) groups is 1. The minimum absolute atomic E-state index is 0.0687. The van der Waals surface area contributed by atoms with Crippen molar-refractivity contribution in [3.63, 3.8) is 0 Å². The molecule has 1 aromatic carbocycles. The van der Waals surface area contributed by atoms with Crippen molar-refractivity contribution < 1.29 is 27.1 Å². The van der Waals surface area contributed by atoms with E-state index in [0.29, 0.717) is 75.7 Å². The Kier molecular flexibility index (Phi) is 9.78. The minimum atomic E-state index is -4.94. The topological polar surface area (TPSA) is 107 Å². The number of pyridine rings is 1. The zero-order chi connectivity index (χ0) is 30.4. The van der Waals surface area contributed by atoms with E-state index in [-0.39, 0.29) is 11.3 Å². The molecule has 0 radical (unpaired) electrons. The second kappa shape index (κ2) is 13.3. The van der Waals surface area contributed by atoms with E-state index in [1.54, 1.807) is 0 Å². The van der Waals surface area contributed by atoms with Crippen molar-refractivity contribution in [1.82, 2.24) is 19.9 Å². The molecule has 14 heteroatoms. The van der Waals surface area contributed by atoms with Crippen LogP contribution in [0.3, 0.4) is 0 Å². The van der Waals surface area contributed by atoms with E-state index in [1.165, 1.54) is 24.5 Å². The van der Waals surface area contributed by atoms with E-state index in [0.717, 1.165) is 6.20 Å². The van der Waals surface area contributed by atoms with Crippen molar-refractivity contribution in [3.8, 4) is 11.1 Å². The first-order chi connectivity index (χ1) is 20.1. The minimum Gasteiger partial charge on any atom is -0.378 e. The maximum atomic E-state index is 15.5. The molecule has 0 saturated carbocycles. The second-order valence-corrected chi connectivity index (χ2v) is 9.59. The number of rotatable bonds is 5. The Labute approximate surface area is 240 Å². The molecule has 226 valence electrons. The molecule has 0 atom stereocenters. The molecule has 0 aliphatic carbocycles. The molecule has 2 saturated heterocycles. The lowest BCUT2D eigenvalue weighted by molar-refractivity contribution is -0.138. The predicted octanol–water partition coefficient (Wildman–Crippen LogP) is 3.86. The molecule has 1 amide bonds. The number of aromatic nitrogens is 3. The van der Waals surface area contributed by atoms with Crippen LogP contribution in [0.25, 0.3) is 11.1 Å². The van der Waals surface area contributed by atoms with Crippen molar-refractivity contribution in [2.24, 2.45) is 0 Å². The summed E-state index contributed by atoms with van der Waals surface area (Å²) in [5, 5.41) is 2.52. The molecule has 2 aliphatic heterocycles. The van der Waals surface area contributed by atoms with Crippen LogP contribution in [0.15, 0.2) is 41.6 Å². The summed E-state index contributed by atoms with van der Waals surface area (Å²) in [5.74, 6) is -1.24. The van der Waals surface area contributed by atoms with Gasteiger partial charge in [0.25, 0.3) is 5.91 Å². The number of anilines is 3. The molecule has 5 rings (SSSR count). The normalized spacial score (nSPS) is 16.1. The van der Waals surface area contributed by atoms with E-state index in [1.807, 2.05) is 30.7 Å². The Bertz CT molecular complexity index is 1430. The fraction of sp³-hybridized carbons (Fsp3) is 0.429. The fourth-order valence-electron chi connectivity index (χ4n) is 4.66. The van der Waals surface area contributed by atoms with Crippen LogP contribution in [0, 0.1) is 5.82 Å². The highest BCUT2D eigenvalue weighted by molar-refractivity contribution is 6.07. The zero-order valence-electron chi connectivity index (χ0n) is 23.6.